The molecule has 34 heavy (non-hydrogen) atoms. The van der Waals surface area contributed by atoms with Gasteiger partial charge in [-0.2, -0.15) is 0 Å². The van der Waals surface area contributed by atoms with Gasteiger partial charge < -0.3 is 4.57 Å². The van der Waals surface area contributed by atoms with Crippen LogP contribution in [0.2, 0.25) is 0 Å². The molecule has 162 valence electrons. The van der Waals surface area contributed by atoms with E-state index in [9.17, 15) is 4.79 Å². The zero-order valence-electron chi connectivity index (χ0n) is 18.2. The molecule has 0 spiro atoms. The summed E-state index contributed by atoms with van der Waals surface area (Å²) in [6.07, 6.45) is 4.17. The second-order valence-corrected chi connectivity index (χ2v) is 9.51. The summed E-state index contributed by atoms with van der Waals surface area (Å²) in [7, 11) is 0. The summed E-state index contributed by atoms with van der Waals surface area (Å²) >= 11 is 1.44. The van der Waals surface area contributed by atoms with Crippen LogP contribution in [0.1, 0.15) is 11.1 Å². The lowest BCUT2D eigenvalue weighted by Gasteiger charge is -2.09. The van der Waals surface area contributed by atoms with E-state index < -0.39 is 0 Å². The number of hydrogen-bond donors (Lipinski definition) is 0. The van der Waals surface area contributed by atoms with Crippen molar-refractivity contribution in [1.82, 2.24) is 14.0 Å². The van der Waals surface area contributed by atoms with Crippen LogP contribution in [-0.4, -0.2) is 14.0 Å². The van der Waals surface area contributed by atoms with Crippen LogP contribution in [0.15, 0.2) is 102 Å². The molecule has 4 nitrogen and oxygen atoms in total. The lowest BCUT2D eigenvalue weighted by Crippen LogP contribution is -2.22. The zero-order chi connectivity index (χ0) is 22.6. The molecule has 0 radical (unpaired) electrons. The van der Waals surface area contributed by atoms with Crippen molar-refractivity contribution < 1.29 is 0 Å². The zero-order valence-corrected chi connectivity index (χ0v) is 19.0. The van der Waals surface area contributed by atoms with Crippen LogP contribution in [0.4, 0.5) is 0 Å². The number of fused-ring (bicyclic) bond motifs is 5. The highest BCUT2D eigenvalue weighted by molar-refractivity contribution is 7.15. The molecular weight excluding hydrogens is 438 g/mol. The van der Waals surface area contributed by atoms with E-state index in [1.54, 1.807) is 4.40 Å². The van der Waals surface area contributed by atoms with E-state index in [1.165, 1.54) is 27.7 Å². The van der Waals surface area contributed by atoms with Crippen LogP contribution < -0.4 is 10.1 Å². The van der Waals surface area contributed by atoms with E-state index in [2.05, 4.69) is 82.5 Å². The molecule has 7 aromatic rings. The van der Waals surface area contributed by atoms with E-state index >= 15 is 0 Å². The average molecular weight is 458 g/mol. The summed E-state index contributed by atoms with van der Waals surface area (Å²) < 4.78 is 4.70. The Balaban J connectivity index is 1.40. The van der Waals surface area contributed by atoms with Crippen molar-refractivity contribution in [3.05, 3.63) is 123 Å². The molecule has 3 heterocycles. The Labute approximate surface area is 198 Å². The molecule has 3 aromatic heterocycles. The molecule has 0 aliphatic heterocycles. The largest absolute Gasteiger partial charge is 0.342 e. The maximum absolute atomic E-state index is 13.3. The molecule has 0 bridgehead atoms. The number of imidazole rings is 1. The fourth-order valence-electron chi connectivity index (χ4n) is 4.89. The monoisotopic (exact) mass is 457 g/mol. The predicted molar refractivity (Wildman–Crippen MR) is 141 cm³/mol. The highest BCUT2D eigenvalue weighted by Gasteiger charge is 2.13. The highest BCUT2D eigenvalue weighted by atomic mass is 32.1. The van der Waals surface area contributed by atoms with Gasteiger partial charge in [0.2, 0.25) is 0 Å². The molecule has 0 saturated heterocycles. The van der Waals surface area contributed by atoms with Crippen LogP contribution in [-0.2, 0) is 6.54 Å². The molecule has 5 heteroatoms. The van der Waals surface area contributed by atoms with Crippen molar-refractivity contribution in [3.8, 4) is 0 Å². The Bertz CT molecular complexity index is 1970. The number of nitrogens with zero attached hydrogens (tertiary/aromatic N) is 3. The minimum atomic E-state index is -0.0143. The number of benzene rings is 4. The fourth-order valence-corrected chi connectivity index (χ4v) is 5.87. The smallest absolute Gasteiger partial charge is 0.274 e. The number of aromatic nitrogens is 3. The van der Waals surface area contributed by atoms with Gasteiger partial charge in [-0.1, -0.05) is 84.1 Å². The third-order valence-corrected chi connectivity index (χ3v) is 7.44. The lowest BCUT2D eigenvalue weighted by molar-refractivity contribution is 0.842. The van der Waals surface area contributed by atoms with Crippen molar-refractivity contribution in [2.75, 3.05) is 0 Å². The van der Waals surface area contributed by atoms with Gasteiger partial charge in [-0.25, -0.2) is 9.38 Å². The van der Waals surface area contributed by atoms with Crippen molar-refractivity contribution in [2.24, 2.45) is 0 Å². The fraction of sp³-hybridized carbons (Fsp3) is 0.0345. The molecule has 0 N–H and O–H groups in total. The van der Waals surface area contributed by atoms with E-state index in [-0.39, 0.29) is 5.56 Å². The molecule has 0 saturated carbocycles. The lowest BCUT2D eigenvalue weighted by atomic mass is 10.0. The molecule has 0 aliphatic rings. The topological polar surface area (TPSA) is 39.3 Å². The first-order chi connectivity index (χ1) is 16.8. The summed E-state index contributed by atoms with van der Waals surface area (Å²) in [5.41, 5.74) is 5.17. The average Bonchev–Trinajstić information content (AvgIpc) is 3.51. The SMILES string of the molecule is O=c1c(=Cc2cn(Cc3cccc4ccccc34)c3ccccc23)sc2nc3ccccc3n12. The molecule has 0 fully saturated rings. The van der Waals surface area contributed by atoms with Crippen molar-refractivity contribution in [1.29, 1.82) is 0 Å². The molecular formula is C29H19N3OS. The maximum atomic E-state index is 13.3. The molecule has 0 atom stereocenters. The maximum Gasteiger partial charge on any atom is 0.274 e. The molecule has 0 aliphatic carbocycles. The minimum absolute atomic E-state index is 0.0143. The van der Waals surface area contributed by atoms with Crippen LogP contribution >= 0.6 is 11.3 Å². The summed E-state index contributed by atoms with van der Waals surface area (Å²) in [5.74, 6) is 0. The van der Waals surface area contributed by atoms with Crippen LogP contribution in [0, 0.1) is 0 Å². The van der Waals surface area contributed by atoms with E-state index in [1.807, 2.05) is 30.3 Å². The Morgan fingerprint density at radius 1 is 0.794 bits per heavy atom. The molecule has 0 amide bonds. The van der Waals surface area contributed by atoms with Crippen molar-refractivity contribution >= 4 is 55.1 Å². The molecule has 0 unspecified atom stereocenters. The minimum Gasteiger partial charge on any atom is -0.342 e. The second-order valence-electron chi connectivity index (χ2n) is 8.50. The molecule has 7 rings (SSSR count). The van der Waals surface area contributed by atoms with Crippen LogP contribution in [0.5, 0.6) is 0 Å². The van der Waals surface area contributed by atoms with Gasteiger partial charge in [0.1, 0.15) is 0 Å². The predicted octanol–water partition coefficient (Wildman–Crippen LogP) is 5.61. The first-order valence-corrected chi connectivity index (χ1v) is 12.0. The summed E-state index contributed by atoms with van der Waals surface area (Å²) in [4.78, 5) is 18.7. The van der Waals surface area contributed by atoms with Gasteiger partial charge in [0.05, 0.1) is 15.6 Å². The quantitative estimate of drug-likeness (QED) is 0.346. The van der Waals surface area contributed by atoms with Gasteiger partial charge in [0.15, 0.2) is 4.96 Å². The normalized spacial score (nSPS) is 12.5. The Hall–Kier alpha value is -4.22. The third kappa shape index (κ3) is 2.91. The van der Waals surface area contributed by atoms with Gasteiger partial charge in [-0.3, -0.25) is 4.79 Å². The van der Waals surface area contributed by atoms with Gasteiger partial charge in [-0.05, 0) is 40.6 Å². The summed E-state index contributed by atoms with van der Waals surface area (Å²) in [6.45, 7) is 0.762. The van der Waals surface area contributed by atoms with Gasteiger partial charge in [0.25, 0.3) is 5.56 Å². The van der Waals surface area contributed by atoms with Crippen LogP contribution in [0.25, 0.3) is 43.7 Å². The number of thiazole rings is 1. The Morgan fingerprint density at radius 3 is 2.44 bits per heavy atom. The first kappa shape index (κ1) is 19.3. The summed E-state index contributed by atoms with van der Waals surface area (Å²) in [6, 6.07) is 31.1. The van der Waals surface area contributed by atoms with Gasteiger partial charge in [-0.15, -0.1) is 0 Å². The summed E-state index contributed by atoms with van der Waals surface area (Å²) in [5, 5.41) is 3.65. The molecule has 4 aromatic carbocycles. The second kappa shape index (κ2) is 7.40. The van der Waals surface area contributed by atoms with Crippen LogP contribution in [0.3, 0.4) is 0 Å². The number of hydrogen-bond acceptors (Lipinski definition) is 3. The van der Waals surface area contributed by atoms with Gasteiger partial charge >= 0.3 is 0 Å². The highest BCUT2D eigenvalue weighted by Crippen LogP contribution is 2.26. The Morgan fingerprint density at radius 2 is 1.53 bits per heavy atom. The van der Waals surface area contributed by atoms with Crippen molar-refractivity contribution in [3.63, 3.8) is 0 Å². The van der Waals surface area contributed by atoms with Crippen molar-refractivity contribution in [2.45, 2.75) is 6.54 Å². The first-order valence-electron chi connectivity index (χ1n) is 11.2. The Kier molecular flexibility index (Phi) is 4.19. The van der Waals surface area contributed by atoms with E-state index in [0.29, 0.717) is 4.53 Å². The standard InChI is InChI=1S/C29H19N3OS/c33-28-27(34-29-30-24-13-4-6-15-26(24)32(28)29)16-21-18-31(25-14-5-3-12-23(21)25)17-20-10-7-9-19-8-1-2-11-22(19)20/h1-16,18H,17H2. The van der Waals surface area contributed by atoms with Gasteiger partial charge in [0, 0.05) is 29.2 Å². The number of rotatable bonds is 3. The third-order valence-electron chi connectivity index (χ3n) is 6.47. The number of para-hydroxylation sites is 3. The van der Waals surface area contributed by atoms with E-state index in [0.717, 1.165) is 39.0 Å². The van der Waals surface area contributed by atoms with E-state index in [4.69, 9.17) is 0 Å².